The molecular weight excluding hydrogens is 649 g/mol. The topological polar surface area (TPSA) is 128 Å². The minimum atomic E-state index is -4.08. The molecule has 0 unspecified atom stereocenters. The van der Waals surface area contributed by atoms with E-state index >= 15 is 0 Å². The van der Waals surface area contributed by atoms with Crippen molar-refractivity contribution in [2.75, 3.05) is 10.6 Å². The number of carbonyl (C=O) groups is 1. The van der Waals surface area contributed by atoms with Crippen LogP contribution in [0.25, 0.3) is 22.3 Å². The van der Waals surface area contributed by atoms with Gasteiger partial charge < -0.3 is 19.0 Å². The van der Waals surface area contributed by atoms with Gasteiger partial charge in [-0.3, -0.25) is 0 Å². The maximum absolute atomic E-state index is 12.8. The Morgan fingerprint density at radius 2 is 0.708 bits per heavy atom. The molecule has 6 aromatic carbocycles. The molecule has 9 nitrogen and oxygen atoms in total. The number of hydrogen-bond acceptors (Lipinski definition) is 7. The van der Waals surface area contributed by atoms with E-state index in [1.54, 1.807) is 24.3 Å². The van der Waals surface area contributed by atoms with Gasteiger partial charge in [-0.1, -0.05) is 84.9 Å². The van der Waals surface area contributed by atoms with Crippen LogP contribution >= 0.6 is 0 Å². The van der Waals surface area contributed by atoms with E-state index < -0.39 is 26.3 Å². The molecule has 2 N–H and O–H groups in total. The van der Waals surface area contributed by atoms with Crippen LogP contribution in [-0.2, 0) is 20.2 Å². The van der Waals surface area contributed by atoms with Crippen LogP contribution in [0.3, 0.4) is 0 Å². The third kappa shape index (κ3) is 7.89. The molecular formula is C37H28N2O7S2. The predicted octanol–water partition coefficient (Wildman–Crippen LogP) is 8.20. The lowest BCUT2D eigenvalue weighted by atomic mass is 10.1. The summed E-state index contributed by atoms with van der Waals surface area (Å²) in [7, 11) is -8.16. The fraction of sp³-hybridized carbons (Fsp3) is 0. The molecule has 0 atom stereocenters. The van der Waals surface area contributed by atoms with Crippen LogP contribution < -0.4 is 19.0 Å². The van der Waals surface area contributed by atoms with Gasteiger partial charge in [-0.25, -0.2) is 4.79 Å². The minimum absolute atomic E-state index is 0.00951. The lowest BCUT2D eigenvalue weighted by Crippen LogP contribution is -2.19. The fourth-order valence-electron chi connectivity index (χ4n) is 4.72. The summed E-state index contributed by atoms with van der Waals surface area (Å²) in [6, 6.07) is 43.1. The van der Waals surface area contributed by atoms with Gasteiger partial charge >= 0.3 is 26.3 Å². The van der Waals surface area contributed by atoms with Crippen molar-refractivity contribution in [3.05, 3.63) is 158 Å². The van der Waals surface area contributed by atoms with Crippen molar-refractivity contribution in [3.8, 4) is 33.8 Å². The average molecular weight is 677 g/mol. The van der Waals surface area contributed by atoms with Gasteiger partial charge in [0.05, 0.1) is 0 Å². The summed E-state index contributed by atoms with van der Waals surface area (Å²) >= 11 is 0. The second kappa shape index (κ2) is 13.8. The Morgan fingerprint density at radius 3 is 1.04 bits per heavy atom. The number of rotatable bonds is 10. The number of nitrogens with one attached hydrogen (secondary N) is 2. The van der Waals surface area contributed by atoms with Gasteiger partial charge in [-0.2, -0.15) is 16.8 Å². The Kier molecular flexibility index (Phi) is 9.24. The van der Waals surface area contributed by atoms with Crippen molar-refractivity contribution in [2.45, 2.75) is 9.79 Å². The molecule has 6 aromatic rings. The van der Waals surface area contributed by atoms with Crippen LogP contribution in [0.5, 0.6) is 11.5 Å². The number of urea groups is 1. The van der Waals surface area contributed by atoms with Crippen LogP contribution in [0.1, 0.15) is 0 Å². The third-order valence-corrected chi connectivity index (χ3v) is 9.66. The fourth-order valence-corrected chi connectivity index (χ4v) is 6.58. The molecule has 11 heteroatoms. The summed E-state index contributed by atoms with van der Waals surface area (Å²) in [6.45, 7) is 0. The van der Waals surface area contributed by atoms with Crippen LogP contribution in [0.2, 0.25) is 0 Å². The summed E-state index contributed by atoms with van der Waals surface area (Å²) in [5.41, 5.74) is 4.45. The van der Waals surface area contributed by atoms with Crippen LogP contribution in [-0.4, -0.2) is 22.9 Å². The molecule has 0 bridgehead atoms. The number of amides is 2. The third-order valence-electron chi connectivity index (χ3n) is 7.14. The molecule has 240 valence electrons. The first-order valence-electron chi connectivity index (χ1n) is 14.6. The highest BCUT2D eigenvalue weighted by atomic mass is 32.2. The molecule has 48 heavy (non-hydrogen) atoms. The number of carbonyl (C=O) groups excluding carboxylic acids is 1. The summed E-state index contributed by atoms with van der Waals surface area (Å²) < 4.78 is 61.8. The molecule has 0 saturated heterocycles. The molecule has 0 fully saturated rings. The van der Waals surface area contributed by atoms with Crippen molar-refractivity contribution in [1.29, 1.82) is 0 Å². The van der Waals surface area contributed by atoms with E-state index in [-0.39, 0.29) is 21.3 Å². The first-order valence-corrected chi connectivity index (χ1v) is 17.4. The van der Waals surface area contributed by atoms with Crippen molar-refractivity contribution in [1.82, 2.24) is 0 Å². The van der Waals surface area contributed by atoms with E-state index in [1.165, 1.54) is 72.8 Å². The van der Waals surface area contributed by atoms with Gasteiger partial charge in [0.1, 0.15) is 21.3 Å². The van der Waals surface area contributed by atoms with E-state index in [0.29, 0.717) is 11.4 Å². The highest BCUT2D eigenvalue weighted by Crippen LogP contribution is 2.26. The molecule has 0 aliphatic carbocycles. The molecule has 2 amide bonds. The largest absolute Gasteiger partial charge is 0.379 e. The Balaban J connectivity index is 1.01. The van der Waals surface area contributed by atoms with Gasteiger partial charge in [0.2, 0.25) is 0 Å². The zero-order valence-electron chi connectivity index (χ0n) is 25.2. The van der Waals surface area contributed by atoms with Gasteiger partial charge in [0.15, 0.2) is 0 Å². The monoisotopic (exact) mass is 676 g/mol. The van der Waals surface area contributed by atoms with Gasteiger partial charge in [0, 0.05) is 11.4 Å². The number of anilines is 2. The smallest absolute Gasteiger partial charge is 0.339 e. The van der Waals surface area contributed by atoms with Crippen LogP contribution in [0.15, 0.2) is 168 Å². The Morgan fingerprint density at radius 1 is 0.396 bits per heavy atom. The summed E-state index contributed by atoms with van der Waals surface area (Å²) in [5.74, 6) is 0.150. The molecule has 0 aromatic heterocycles. The number of hydrogen-bond donors (Lipinski definition) is 2. The molecule has 0 aliphatic rings. The SMILES string of the molecule is O=C(Nc1ccc(OS(=O)(=O)c2ccc(-c3ccccc3)cc2)cc1)Nc1ccc(OS(=O)(=O)c2ccc(-c3ccccc3)cc2)cc1. The average Bonchev–Trinajstić information content (AvgIpc) is 3.11. The zero-order chi connectivity index (χ0) is 33.6. The molecule has 0 radical (unpaired) electrons. The van der Waals surface area contributed by atoms with Crippen molar-refractivity contribution < 1.29 is 30.0 Å². The van der Waals surface area contributed by atoms with Crippen LogP contribution in [0, 0.1) is 0 Å². The Hall–Kier alpha value is -5.91. The summed E-state index contributed by atoms with van der Waals surface area (Å²) in [4.78, 5) is 12.6. The molecule has 0 spiro atoms. The van der Waals surface area contributed by atoms with E-state index in [2.05, 4.69) is 10.6 Å². The number of benzene rings is 6. The van der Waals surface area contributed by atoms with E-state index in [0.717, 1.165) is 22.3 Å². The molecule has 6 rings (SSSR count). The van der Waals surface area contributed by atoms with Crippen molar-refractivity contribution >= 4 is 37.6 Å². The van der Waals surface area contributed by atoms with Gasteiger partial charge in [-0.15, -0.1) is 0 Å². The first kappa shape index (κ1) is 32.0. The summed E-state index contributed by atoms with van der Waals surface area (Å²) in [5, 5.41) is 5.28. The van der Waals surface area contributed by atoms with Gasteiger partial charge in [-0.05, 0) is 95.1 Å². The van der Waals surface area contributed by atoms with Gasteiger partial charge in [0.25, 0.3) is 0 Å². The quantitative estimate of drug-likeness (QED) is 0.140. The highest BCUT2D eigenvalue weighted by Gasteiger charge is 2.18. The zero-order valence-corrected chi connectivity index (χ0v) is 26.8. The van der Waals surface area contributed by atoms with Crippen LogP contribution in [0.4, 0.5) is 16.2 Å². The van der Waals surface area contributed by atoms with Crippen molar-refractivity contribution in [3.63, 3.8) is 0 Å². The second-order valence-electron chi connectivity index (χ2n) is 10.5. The highest BCUT2D eigenvalue weighted by molar-refractivity contribution is 7.87. The molecule has 0 aliphatic heterocycles. The van der Waals surface area contributed by atoms with E-state index in [9.17, 15) is 21.6 Å². The lowest BCUT2D eigenvalue weighted by Gasteiger charge is -2.11. The minimum Gasteiger partial charge on any atom is -0.379 e. The summed E-state index contributed by atoms with van der Waals surface area (Å²) in [6.07, 6.45) is 0. The molecule has 0 heterocycles. The molecule has 0 saturated carbocycles. The van der Waals surface area contributed by atoms with E-state index in [1.807, 2.05) is 60.7 Å². The van der Waals surface area contributed by atoms with E-state index in [4.69, 9.17) is 8.37 Å². The van der Waals surface area contributed by atoms with Crippen molar-refractivity contribution in [2.24, 2.45) is 0 Å². The maximum atomic E-state index is 12.8. The Bertz CT molecular complexity index is 2060. The second-order valence-corrected chi connectivity index (χ2v) is 13.6. The standard InChI is InChI=1S/C37H28N2O7S2/c40-37(38-31-15-19-33(20-16-31)45-47(41,42)35-23-11-29(12-24-35)27-7-3-1-4-8-27)39-32-17-21-34(22-18-32)46-48(43,44)36-25-13-30(14-26-36)28-9-5-2-6-10-28/h1-26H,(H2,38,39,40). The Labute approximate surface area is 278 Å². The first-order chi connectivity index (χ1) is 23.1. The normalized spacial score (nSPS) is 11.3. The predicted molar refractivity (Wildman–Crippen MR) is 185 cm³/mol. The maximum Gasteiger partial charge on any atom is 0.339 e. The lowest BCUT2D eigenvalue weighted by molar-refractivity contribution is 0.262.